The van der Waals surface area contributed by atoms with Crippen molar-refractivity contribution >= 4 is 5.82 Å². The van der Waals surface area contributed by atoms with Gasteiger partial charge < -0.3 is 10.6 Å². The Morgan fingerprint density at radius 2 is 2.00 bits per heavy atom. The monoisotopic (exact) mass is 272 g/mol. The number of nitrogens with zero attached hydrogens (tertiary/aromatic N) is 2. The maximum atomic E-state index is 13.0. The van der Waals surface area contributed by atoms with Crippen LogP contribution in [0.2, 0.25) is 0 Å². The fourth-order valence-corrected chi connectivity index (χ4v) is 2.41. The van der Waals surface area contributed by atoms with E-state index in [0.29, 0.717) is 0 Å². The summed E-state index contributed by atoms with van der Waals surface area (Å²) >= 11 is 0. The van der Waals surface area contributed by atoms with Crippen molar-refractivity contribution in [1.29, 1.82) is 0 Å². The van der Waals surface area contributed by atoms with Crippen molar-refractivity contribution in [3.8, 4) is 11.3 Å². The van der Waals surface area contributed by atoms with Crippen LogP contribution in [0.3, 0.4) is 0 Å². The van der Waals surface area contributed by atoms with Crippen LogP contribution < -0.4 is 10.6 Å². The van der Waals surface area contributed by atoms with E-state index in [2.05, 4.69) is 36.2 Å². The van der Waals surface area contributed by atoms with E-state index in [1.54, 1.807) is 12.1 Å². The Labute approximate surface area is 117 Å². The summed E-state index contributed by atoms with van der Waals surface area (Å²) in [5.41, 5.74) is 1.57. The predicted molar refractivity (Wildman–Crippen MR) is 77.6 cm³/mol. The average molecular weight is 272 g/mol. The minimum Gasteiger partial charge on any atom is -0.365 e. The molecule has 0 bridgehead atoms. The molecule has 0 aliphatic carbocycles. The largest absolute Gasteiger partial charge is 0.365 e. The Balaban J connectivity index is 2.00. The maximum Gasteiger partial charge on any atom is 0.130 e. The Bertz CT molecular complexity index is 655. The van der Waals surface area contributed by atoms with E-state index in [9.17, 15) is 4.39 Å². The van der Waals surface area contributed by atoms with Crippen LogP contribution in [-0.4, -0.2) is 15.3 Å². The number of aromatic nitrogens is 2. The molecule has 0 spiro atoms. The van der Waals surface area contributed by atoms with Gasteiger partial charge in [-0.15, -0.1) is 0 Å². The molecule has 2 N–H and O–H groups in total. The molecular formula is C15H17FN4. The Morgan fingerprint density at radius 1 is 1.30 bits per heavy atom. The van der Waals surface area contributed by atoms with E-state index in [1.165, 1.54) is 12.1 Å². The van der Waals surface area contributed by atoms with Gasteiger partial charge in [0.25, 0.3) is 0 Å². The first-order valence-electron chi connectivity index (χ1n) is 6.51. The van der Waals surface area contributed by atoms with Crippen LogP contribution in [0.1, 0.15) is 13.8 Å². The van der Waals surface area contributed by atoms with Gasteiger partial charge in [0.05, 0.1) is 23.6 Å². The summed E-state index contributed by atoms with van der Waals surface area (Å²) in [6, 6.07) is 8.29. The number of nitrogens with one attached hydrogen (secondary N) is 2. The van der Waals surface area contributed by atoms with Crippen molar-refractivity contribution in [2.45, 2.75) is 25.9 Å². The first-order valence-corrected chi connectivity index (χ1v) is 6.51. The van der Waals surface area contributed by atoms with Gasteiger partial charge in [-0.3, -0.25) is 0 Å². The molecule has 20 heavy (non-hydrogen) atoms. The molecule has 1 aromatic heterocycles. The molecular weight excluding hydrogens is 255 g/mol. The highest BCUT2D eigenvalue weighted by Crippen LogP contribution is 2.26. The summed E-state index contributed by atoms with van der Waals surface area (Å²) in [7, 11) is 0. The summed E-state index contributed by atoms with van der Waals surface area (Å²) < 4.78 is 14.9. The highest BCUT2D eigenvalue weighted by molar-refractivity contribution is 5.64. The van der Waals surface area contributed by atoms with Crippen molar-refractivity contribution in [2.75, 3.05) is 5.32 Å². The quantitative estimate of drug-likeness (QED) is 0.838. The predicted octanol–water partition coefficient (Wildman–Crippen LogP) is 2.95. The molecule has 0 atom stereocenters. The third-order valence-corrected chi connectivity index (χ3v) is 3.23. The molecule has 0 saturated heterocycles. The standard InChI is InChI=1S/C15H17FN4/c1-10-17-14-8-13(11-4-6-12(16)7-5-11)19-20(14)9-15(2,3)18-10/h4-8,17-18H,1,9H2,2-3H3. The van der Waals surface area contributed by atoms with Gasteiger partial charge in [-0.2, -0.15) is 5.10 Å². The average Bonchev–Trinajstić information content (AvgIpc) is 2.66. The normalized spacial score (nSPS) is 16.9. The van der Waals surface area contributed by atoms with Crippen molar-refractivity contribution in [2.24, 2.45) is 0 Å². The van der Waals surface area contributed by atoms with Gasteiger partial charge in [0, 0.05) is 11.6 Å². The molecule has 0 amide bonds. The molecule has 1 aromatic carbocycles. The van der Waals surface area contributed by atoms with Gasteiger partial charge in [0.15, 0.2) is 0 Å². The molecule has 5 heteroatoms. The first kappa shape index (κ1) is 12.7. The second-order valence-electron chi connectivity index (χ2n) is 5.69. The number of rotatable bonds is 1. The van der Waals surface area contributed by atoms with Gasteiger partial charge >= 0.3 is 0 Å². The van der Waals surface area contributed by atoms with Crippen LogP contribution in [0.5, 0.6) is 0 Å². The number of anilines is 1. The van der Waals surface area contributed by atoms with Crippen LogP contribution in [0.15, 0.2) is 42.7 Å². The van der Waals surface area contributed by atoms with Crippen molar-refractivity contribution in [1.82, 2.24) is 15.1 Å². The zero-order valence-electron chi connectivity index (χ0n) is 11.6. The summed E-state index contributed by atoms with van der Waals surface area (Å²) in [5.74, 6) is 1.39. The zero-order chi connectivity index (χ0) is 14.3. The Morgan fingerprint density at radius 3 is 2.70 bits per heavy atom. The van der Waals surface area contributed by atoms with Crippen molar-refractivity contribution < 1.29 is 4.39 Å². The highest BCUT2D eigenvalue weighted by Gasteiger charge is 2.25. The number of fused-ring (bicyclic) bond motifs is 1. The van der Waals surface area contributed by atoms with E-state index >= 15 is 0 Å². The molecule has 104 valence electrons. The second kappa shape index (κ2) is 4.37. The Kier molecular flexibility index (Phi) is 2.78. The molecule has 3 rings (SSSR count). The number of halogens is 1. The third kappa shape index (κ3) is 2.39. The summed E-state index contributed by atoms with van der Waals surface area (Å²) in [6.07, 6.45) is 0. The lowest BCUT2D eigenvalue weighted by Crippen LogP contribution is -2.41. The van der Waals surface area contributed by atoms with E-state index in [1.807, 2.05) is 10.7 Å². The summed E-state index contributed by atoms with van der Waals surface area (Å²) in [4.78, 5) is 0. The topological polar surface area (TPSA) is 41.9 Å². The lowest BCUT2D eigenvalue weighted by molar-refractivity contribution is 0.363. The van der Waals surface area contributed by atoms with E-state index < -0.39 is 0 Å². The second-order valence-corrected chi connectivity index (χ2v) is 5.69. The molecule has 0 radical (unpaired) electrons. The smallest absolute Gasteiger partial charge is 0.130 e. The molecule has 0 unspecified atom stereocenters. The SMILES string of the molecule is C=C1Nc2cc(-c3ccc(F)cc3)nn2CC(C)(C)N1. The fraction of sp³-hybridized carbons (Fsp3) is 0.267. The fourth-order valence-electron chi connectivity index (χ4n) is 2.41. The zero-order valence-corrected chi connectivity index (χ0v) is 11.6. The van der Waals surface area contributed by atoms with Crippen LogP contribution in [0.4, 0.5) is 10.2 Å². The van der Waals surface area contributed by atoms with Gasteiger partial charge in [-0.1, -0.05) is 6.58 Å². The van der Waals surface area contributed by atoms with Crippen molar-refractivity contribution in [3.63, 3.8) is 0 Å². The lowest BCUT2D eigenvalue weighted by Gasteiger charge is -2.25. The Hall–Kier alpha value is -2.30. The maximum absolute atomic E-state index is 13.0. The molecule has 0 fully saturated rings. The first-order chi connectivity index (χ1) is 9.43. The van der Waals surface area contributed by atoms with Crippen LogP contribution in [-0.2, 0) is 6.54 Å². The van der Waals surface area contributed by atoms with E-state index in [-0.39, 0.29) is 11.4 Å². The number of hydrogen-bond acceptors (Lipinski definition) is 3. The van der Waals surface area contributed by atoms with Crippen LogP contribution >= 0.6 is 0 Å². The van der Waals surface area contributed by atoms with Crippen LogP contribution in [0, 0.1) is 5.82 Å². The van der Waals surface area contributed by atoms with Gasteiger partial charge in [0.1, 0.15) is 11.6 Å². The molecule has 1 aliphatic heterocycles. The molecule has 2 heterocycles. The minimum absolute atomic E-state index is 0.137. The van der Waals surface area contributed by atoms with E-state index in [0.717, 1.165) is 29.4 Å². The molecule has 0 saturated carbocycles. The minimum atomic E-state index is -0.244. The molecule has 1 aliphatic rings. The number of benzene rings is 1. The lowest BCUT2D eigenvalue weighted by atomic mass is 10.1. The van der Waals surface area contributed by atoms with Crippen LogP contribution in [0.25, 0.3) is 11.3 Å². The highest BCUT2D eigenvalue weighted by atomic mass is 19.1. The summed E-state index contributed by atoms with van der Waals surface area (Å²) in [6.45, 7) is 8.85. The van der Waals surface area contributed by atoms with E-state index in [4.69, 9.17) is 0 Å². The van der Waals surface area contributed by atoms with Crippen molar-refractivity contribution in [3.05, 3.63) is 48.5 Å². The van der Waals surface area contributed by atoms with Gasteiger partial charge in [-0.25, -0.2) is 9.07 Å². The third-order valence-electron chi connectivity index (χ3n) is 3.23. The molecule has 4 nitrogen and oxygen atoms in total. The number of hydrogen-bond donors (Lipinski definition) is 2. The summed E-state index contributed by atoms with van der Waals surface area (Å²) in [5, 5.41) is 11.1. The molecule has 2 aromatic rings. The van der Waals surface area contributed by atoms with Gasteiger partial charge in [0.2, 0.25) is 0 Å². The van der Waals surface area contributed by atoms with Gasteiger partial charge in [-0.05, 0) is 38.1 Å².